The van der Waals surface area contributed by atoms with E-state index in [9.17, 15) is 5.11 Å². The standard InChI is InChI=1S/C15H30N2O/c1-14(18)7-6-10-17(12-14)13-15(11-16-2)8-4-3-5-9-15/h16,18H,3-13H2,1-2H3. The fraction of sp³-hybridized carbons (Fsp3) is 1.00. The van der Waals surface area contributed by atoms with Gasteiger partial charge in [0.25, 0.3) is 0 Å². The van der Waals surface area contributed by atoms with E-state index < -0.39 is 5.60 Å². The van der Waals surface area contributed by atoms with Gasteiger partial charge in [-0.05, 0) is 51.6 Å². The summed E-state index contributed by atoms with van der Waals surface area (Å²) >= 11 is 0. The van der Waals surface area contributed by atoms with Crippen molar-refractivity contribution in [2.45, 2.75) is 57.5 Å². The number of piperidine rings is 1. The Hall–Kier alpha value is -0.120. The fourth-order valence-corrected chi connectivity index (χ4v) is 4.00. The Morgan fingerprint density at radius 2 is 1.83 bits per heavy atom. The highest BCUT2D eigenvalue weighted by Gasteiger charge is 2.36. The van der Waals surface area contributed by atoms with Crippen molar-refractivity contribution in [3.8, 4) is 0 Å². The molecule has 1 aliphatic heterocycles. The lowest BCUT2D eigenvalue weighted by Gasteiger charge is -2.45. The Balaban J connectivity index is 1.95. The van der Waals surface area contributed by atoms with Crippen molar-refractivity contribution in [3.63, 3.8) is 0 Å². The summed E-state index contributed by atoms with van der Waals surface area (Å²) in [6.07, 6.45) is 8.98. The molecule has 0 aromatic rings. The Morgan fingerprint density at radius 1 is 1.11 bits per heavy atom. The van der Waals surface area contributed by atoms with E-state index in [2.05, 4.69) is 17.3 Å². The maximum atomic E-state index is 10.2. The number of hydrogen-bond donors (Lipinski definition) is 2. The first-order valence-electron chi connectivity index (χ1n) is 7.65. The summed E-state index contributed by atoms with van der Waals surface area (Å²) in [6, 6.07) is 0. The van der Waals surface area contributed by atoms with Gasteiger partial charge >= 0.3 is 0 Å². The zero-order chi connectivity index (χ0) is 13.1. The molecule has 0 radical (unpaired) electrons. The summed E-state index contributed by atoms with van der Waals surface area (Å²) in [7, 11) is 2.07. The minimum atomic E-state index is -0.465. The van der Waals surface area contributed by atoms with E-state index in [1.807, 2.05) is 6.92 Å². The largest absolute Gasteiger partial charge is 0.389 e. The van der Waals surface area contributed by atoms with Crippen molar-refractivity contribution in [1.82, 2.24) is 10.2 Å². The van der Waals surface area contributed by atoms with E-state index in [-0.39, 0.29) is 0 Å². The highest BCUT2D eigenvalue weighted by atomic mass is 16.3. The van der Waals surface area contributed by atoms with Crippen LogP contribution >= 0.6 is 0 Å². The average molecular weight is 254 g/mol. The summed E-state index contributed by atoms with van der Waals surface area (Å²) in [5, 5.41) is 13.6. The van der Waals surface area contributed by atoms with Crippen molar-refractivity contribution >= 4 is 0 Å². The van der Waals surface area contributed by atoms with Crippen LogP contribution in [0.5, 0.6) is 0 Å². The van der Waals surface area contributed by atoms with Crippen molar-refractivity contribution in [2.75, 3.05) is 33.2 Å². The maximum Gasteiger partial charge on any atom is 0.0746 e. The molecular weight excluding hydrogens is 224 g/mol. The Kier molecular flexibility index (Phi) is 4.68. The van der Waals surface area contributed by atoms with E-state index in [0.717, 1.165) is 25.9 Å². The molecule has 1 atom stereocenters. The molecule has 3 heteroatoms. The molecular formula is C15H30N2O. The van der Waals surface area contributed by atoms with Gasteiger partial charge < -0.3 is 10.4 Å². The number of nitrogens with zero attached hydrogens (tertiary/aromatic N) is 1. The molecule has 1 saturated carbocycles. The first-order valence-corrected chi connectivity index (χ1v) is 7.65. The Bertz CT molecular complexity index is 254. The maximum absolute atomic E-state index is 10.2. The van der Waals surface area contributed by atoms with Crippen LogP contribution in [0.3, 0.4) is 0 Å². The molecule has 18 heavy (non-hydrogen) atoms. The van der Waals surface area contributed by atoms with Crippen molar-refractivity contribution in [1.29, 1.82) is 0 Å². The third-order valence-electron chi connectivity index (χ3n) is 4.78. The first kappa shape index (κ1) is 14.3. The van der Waals surface area contributed by atoms with Crippen LogP contribution in [0.4, 0.5) is 0 Å². The number of nitrogens with one attached hydrogen (secondary N) is 1. The van der Waals surface area contributed by atoms with Crippen molar-refractivity contribution in [2.24, 2.45) is 5.41 Å². The predicted molar refractivity (Wildman–Crippen MR) is 75.7 cm³/mol. The molecule has 2 aliphatic rings. The Labute approximate surface area is 112 Å². The smallest absolute Gasteiger partial charge is 0.0746 e. The lowest BCUT2D eigenvalue weighted by Crippen LogP contribution is -2.52. The predicted octanol–water partition coefficient (Wildman–Crippen LogP) is 2.00. The molecule has 2 rings (SSSR count). The summed E-state index contributed by atoms with van der Waals surface area (Å²) in [4.78, 5) is 2.51. The quantitative estimate of drug-likeness (QED) is 0.805. The molecule has 1 aliphatic carbocycles. The summed E-state index contributed by atoms with van der Waals surface area (Å²) in [6.45, 7) is 6.32. The van der Waals surface area contributed by atoms with Gasteiger partial charge in [-0.15, -0.1) is 0 Å². The molecule has 0 amide bonds. The summed E-state index contributed by atoms with van der Waals surface area (Å²) in [5.41, 5.74) is -0.00578. The van der Waals surface area contributed by atoms with Gasteiger partial charge in [-0.2, -0.15) is 0 Å². The fourth-order valence-electron chi connectivity index (χ4n) is 4.00. The van der Waals surface area contributed by atoms with Crippen LogP contribution in [0.1, 0.15) is 51.9 Å². The van der Waals surface area contributed by atoms with Gasteiger partial charge in [-0.1, -0.05) is 19.3 Å². The molecule has 3 nitrogen and oxygen atoms in total. The second-order valence-corrected chi connectivity index (χ2v) is 6.90. The third kappa shape index (κ3) is 3.69. The molecule has 0 aromatic carbocycles. The molecule has 0 aromatic heterocycles. The number of rotatable bonds is 4. The molecule has 2 N–H and O–H groups in total. The number of aliphatic hydroxyl groups is 1. The monoisotopic (exact) mass is 254 g/mol. The zero-order valence-corrected chi connectivity index (χ0v) is 12.2. The Morgan fingerprint density at radius 3 is 2.44 bits per heavy atom. The van der Waals surface area contributed by atoms with E-state index in [1.165, 1.54) is 45.2 Å². The van der Waals surface area contributed by atoms with E-state index in [0.29, 0.717) is 5.41 Å². The normalized spacial score (nSPS) is 33.5. The topological polar surface area (TPSA) is 35.5 Å². The van der Waals surface area contributed by atoms with Gasteiger partial charge in [0.1, 0.15) is 0 Å². The van der Waals surface area contributed by atoms with Gasteiger partial charge in [-0.25, -0.2) is 0 Å². The van der Waals surface area contributed by atoms with Gasteiger partial charge in [0.2, 0.25) is 0 Å². The molecule has 106 valence electrons. The third-order valence-corrected chi connectivity index (χ3v) is 4.78. The average Bonchev–Trinajstić information content (AvgIpc) is 2.29. The van der Waals surface area contributed by atoms with Gasteiger partial charge in [0.05, 0.1) is 5.60 Å². The van der Waals surface area contributed by atoms with E-state index in [4.69, 9.17) is 0 Å². The number of hydrogen-bond acceptors (Lipinski definition) is 3. The minimum Gasteiger partial charge on any atom is -0.389 e. The van der Waals surface area contributed by atoms with Crippen LogP contribution in [0.15, 0.2) is 0 Å². The van der Waals surface area contributed by atoms with Crippen molar-refractivity contribution < 1.29 is 5.11 Å². The SMILES string of the molecule is CNCC1(CN2CCCC(C)(O)C2)CCCCC1. The summed E-state index contributed by atoms with van der Waals surface area (Å²) in [5.74, 6) is 0. The van der Waals surface area contributed by atoms with Crippen LogP contribution in [0.2, 0.25) is 0 Å². The molecule has 2 fully saturated rings. The first-order chi connectivity index (χ1) is 8.55. The van der Waals surface area contributed by atoms with Crippen molar-refractivity contribution in [3.05, 3.63) is 0 Å². The molecule has 0 bridgehead atoms. The van der Waals surface area contributed by atoms with E-state index in [1.54, 1.807) is 0 Å². The summed E-state index contributed by atoms with van der Waals surface area (Å²) < 4.78 is 0. The van der Waals surface area contributed by atoms with Crippen LogP contribution in [-0.4, -0.2) is 48.8 Å². The lowest BCUT2D eigenvalue weighted by atomic mass is 9.73. The molecule has 1 heterocycles. The minimum absolute atomic E-state index is 0.459. The molecule has 1 unspecified atom stereocenters. The number of likely N-dealkylation sites (tertiary alicyclic amines) is 1. The van der Waals surface area contributed by atoms with Gasteiger partial charge in [0.15, 0.2) is 0 Å². The second-order valence-electron chi connectivity index (χ2n) is 6.90. The number of β-amino-alcohol motifs (C(OH)–C–C–N with tert-alkyl or cyclic N) is 1. The van der Waals surface area contributed by atoms with E-state index >= 15 is 0 Å². The second kappa shape index (κ2) is 5.89. The zero-order valence-electron chi connectivity index (χ0n) is 12.2. The van der Waals surface area contributed by atoms with Gasteiger partial charge in [0, 0.05) is 19.6 Å². The lowest BCUT2D eigenvalue weighted by molar-refractivity contribution is -0.0327. The molecule has 0 spiro atoms. The van der Waals surface area contributed by atoms with Crippen LogP contribution in [0.25, 0.3) is 0 Å². The highest BCUT2D eigenvalue weighted by molar-refractivity contribution is 4.91. The van der Waals surface area contributed by atoms with Gasteiger partial charge in [-0.3, -0.25) is 4.90 Å². The molecule has 1 saturated heterocycles. The van der Waals surface area contributed by atoms with Crippen LogP contribution in [0, 0.1) is 5.41 Å². The highest BCUT2D eigenvalue weighted by Crippen LogP contribution is 2.37. The van der Waals surface area contributed by atoms with Crippen LogP contribution in [-0.2, 0) is 0 Å². The van der Waals surface area contributed by atoms with Crippen LogP contribution < -0.4 is 5.32 Å².